The van der Waals surface area contributed by atoms with E-state index in [1.165, 1.54) is 12.1 Å². The van der Waals surface area contributed by atoms with Crippen LogP contribution in [-0.4, -0.2) is 24.2 Å². The fraction of sp³-hybridized carbons (Fsp3) is 0.150. The SMILES string of the molecule is COc1ccc2cc(CN(C)C(=S)Nc3ccc(F)cc3)ccc2c1. The van der Waals surface area contributed by atoms with Crippen molar-refractivity contribution in [3.8, 4) is 5.75 Å². The molecule has 0 bridgehead atoms. The molecule has 3 aromatic rings. The van der Waals surface area contributed by atoms with Crippen LogP contribution >= 0.6 is 12.2 Å². The molecule has 0 radical (unpaired) electrons. The third-order valence-electron chi connectivity index (χ3n) is 3.97. The van der Waals surface area contributed by atoms with Crippen LogP contribution in [0.1, 0.15) is 5.56 Å². The molecule has 0 unspecified atom stereocenters. The molecular weight excluding hydrogens is 335 g/mol. The highest BCUT2D eigenvalue weighted by molar-refractivity contribution is 7.80. The van der Waals surface area contributed by atoms with Crippen molar-refractivity contribution in [1.82, 2.24) is 4.90 Å². The Labute approximate surface area is 152 Å². The minimum Gasteiger partial charge on any atom is -0.497 e. The van der Waals surface area contributed by atoms with Crippen LogP contribution in [-0.2, 0) is 6.54 Å². The van der Waals surface area contributed by atoms with Crippen LogP contribution in [0.5, 0.6) is 5.75 Å². The van der Waals surface area contributed by atoms with E-state index in [1.807, 2.05) is 30.1 Å². The third-order valence-corrected chi connectivity index (χ3v) is 4.39. The average Bonchev–Trinajstić information content (AvgIpc) is 2.63. The van der Waals surface area contributed by atoms with Gasteiger partial charge in [0, 0.05) is 19.3 Å². The molecule has 0 amide bonds. The minimum atomic E-state index is -0.266. The summed E-state index contributed by atoms with van der Waals surface area (Å²) in [5.74, 6) is 0.583. The summed E-state index contributed by atoms with van der Waals surface area (Å²) in [6.07, 6.45) is 0. The zero-order valence-corrected chi connectivity index (χ0v) is 14.9. The summed E-state index contributed by atoms with van der Waals surface area (Å²) in [6, 6.07) is 18.5. The van der Waals surface area contributed by atoms with E-state index >= 15 is 0 Å². The standard InChI is InChI=1S/C20H19FN2OS/c1-23(20(25)22-18-8-6-17(21)7-9-18)13-14-3-4-16-12-19(24-2)10-5-15(16)11-14/h3-12H,13H2,1-2H3,(H,22,25). The zero-order valence-electron chi connectivity index (χ0n) is 14.1. The Kier molecular flexibility index (Phi) is 5.14. The van der Waals surface area contributed by atoms with Gasteiger partial charge in [-0.1, -0.05) is 18.2 Å². The van der Waals surface area contributed by atoms with E-state index in [2.05, 4.69) is 23.5 Å². The Balaban J connectivity index is 1.69. The lowest BCUT2D eigenvalue weighted by molar-refractivity contribution is 0.415. The molecular formula is C20H19FN2OS. The van der Waals surface area contributed by atoms with Crippen LogP contribution in [0.3, 0.4) is 0 Å². The fourth-order valence-corrected chi connectivity index (χ4v) is 2.78. The fourth-order valence-electron chi connectivity index (χ4n) is 2.60. The maximum absolute atomic E-state index is 13.0. The van der Waals surface area contributed by atoms with Gasteiger partial charge in [-0.2, -0.15) is 0 Å². The monoisotopic (exact) mass is 354 g/mol. The maximum atomic E-state index is 13.0. The zero-order chi connectivity index (χ0) is 17.8. The first kappa shape index (κ1) is 17.2. The van der Waals surface area contributed by atoms with Crippen molar-refractivity contribution < 1.29 is 9.13 Å². The summed E-state index contributed by atoms with van der Waals surface area (Å²) in [7, 11) is 3.59. The van der Waals surface area contributed by atoms with Gasteiger partial charge in [-0.15, -0.1) is 0 Å². The largest absolute Gasteiger partial charge is 0.497 e. The first-order valence-corrected chi connectivity index (χ1v) is 8.30. The number of anilines is 1. The molecule has 0 saturated carbocycles. The Bertz CT molecular complexity index is 896. The van der Waals surface area contributed by atoms with Gasteiger partial charge in [-0.05, 0) is 71.0 Å². The minimum absolute atomic E-state index is 0.266. The van der Waals surface area contributed by atoms with Crippen molar-refractivity contribution in [3.05, 3.63) is 72.0 Å². The summed E-state index contributed by atoms with van der Waals surface area (Å²) in [4.78, 5) is 1.95. The lowest BCUT2D eigenvalue weighted by Gasteiger charge is -2.21. The number of nitrogens with zero attached hydrogens (tertiary/aromatic N) is 1. The molecule has 3 aromatic carbocycles. The molecule has 128 valence electrons. The molecule has 0 aliphatic rings. The van der Waals surface area contributed by atoms with E-state index in [4.69, 9.17) is 17.0 Å². The second kappa shape index (κ2) is 7.49. The summed E-state index contributed by atoms with van der Waals surface area (Å²) >= 11 is 5.42. The van der Waals surface area contributed by atoms with Crippen molar-refractivity contribution in [1.29, 1.82) is 0 Å². The first-order valence-electron chi connectivity index (χ1n) is 7.89. The van der Waals surface area contributed by atoms with Gasteiger partial charge in [0.25, 0.3) is 0 Å². The Morgan fingerprint density at radius 1 is 1.04 bits per heavy atom. The molecule has 0 aromatic heterocycles. The average molecular weight is 354 g/mol. The molecule has 0 aliphatic heterocycles. The van der Waals surface area contributed by atoms with Gasteiger partial charge in [0.05, 0.1) is 7.11 Å². The van der Waals surface area contributed by atoms with Gasteiger partial charge in [0.1, 0.15) is 11.6 Å². The second-order valence-corrected chi connectivity index (χ2v) is 6.23. The quantitative estimate of drug-likeness (QED) is 0.679. The van der Waals surface area contributed by atoms with Gasteiger partial charge < -0.3 is 15.0 Å². The normalized spacial score (nSPS) is 10.5. The molecule has 5 heteroatoms. The highest BCUT2D eigenvalue weighted by Crippen LogP contribution is 2.22. The molecule has 3 nitrogen and oxygen atoms in total. The third kappa shape index (κ3) is 4.25. The number of thiocarbonyl (C=S) groups is 1. The van der Waals surface area contributed by atoms with Crippen molar-refractivity contribution >= 4 is 33.8 Å². The molecule has 25 heavy (non-hydrogen) atoms. The second-order valence-electron chi connectivity index (χ2n) is 5.84. The van der Waals surface area contributed by atoms with Crippen molar-refractivity contribution in [3.63, 3.8) is 0 Å². The molecule has 0 saturated heterocycles. The lowest BCUT2D eigenvalue weighted by atomic mass is 10.1. The van der Waals surface area contributed by atoms with E-state index < -0.39 is 0 Å². The Morgan fingerprint density at radius 2 is 1.72 bits per heavy atom. The smallest absolute Gasteiger partial charge is 0.173 e. The molecule has 0 heterocycles. The van der Waals surface area contributed by atoms with Crippen LogP contribution in [0.15, 0.2) is 60.7 Å². The number of rotatable bonds is 4. The number of ether oxygens (including phenoxy) is 1. The molecule has 0 atom stereocenters. The predicted octanol–water partition coefficient (Wildman–Crippen LogP) is 4.82. The topological polar surface area (TPSA) is 24.5 Å². The van der Waals surface area contributed by atoms with Crippen LogP contribution in [0.4, 0.5) is 10.1 Å². The summed E-state index contributed by atoms with van der Waals surface area (Å²) in [5.41, 5.74) is 1.92. The molecule has 0 fully saturated rings. The number of halogens is 1. The van der Waals surface area contributed by atoms with Gasteiger partial charge in [0.2, 0.25) is 0 Å². The number of hydrogen-bond acceptors (Lipinski definition) is 2. The molecule has 0 aliphatic carbocycles. The number of hydrogen-bond donors (Lipinski definition) is 1. The van der Waals surface area contributed by atoms with Crippen molar-refractivity contribution in [2.45, 2.75) is 6.54 Å². The molecule has 1 N–H and O–H groups in total. The lowest BCUT2D eigenvalue weighted by Crippen LogP contribution is -2.30. The highest BCUT2D eigenvalue weighted by Gasteiger charge is 2.07. The number of nitrogens with one attached hydrogen (secondary N) is 1. The molecule has 3 rings (SSSR count). The summed E-state index contributed by atoms with van der Waals surface area (Å²) < 4.78 is 18.2. The van der Waals surface area contributed by atoms with Crippen LogP contribution in [0, 0.1) is 5.82 Å². The van der Waals surface area contributed by atoms with E-state index in [-0.39, 0.29) is 5.82 Å². The Morgan fingerprint density at radius 3 is 2.44 bits per heavy atom. The predicted molar refractivity (Wildman–Crippen MR) is 105 cm³/mol. The maximum Gasteiger partial charge on any atom is 0.173 e. The Hall–Kier alpha value is -2.66. The van der Waals surface area contributed by atoms with Gasteiger partial charge in [-0.3, -0.25) is 0 Å². The van der Waals surface area contributed by atoms with E-state index in [0.717, 1.165) is 27.8 Å². The number of benzene rings is 3. The molecule has 0 spiro atoms. The van der Waals surface area contributed by atoms with Crippen LogP contribution in [0.25, 0.3) is 10.8 Å². The van der Waals surface area contributed by atoms with Gasteiger partial charge >= 0.3 is 0 Å². The van der Waals surface area contributed by atoms with Crippen LogP contribution in [0.2, 0.25) is 0 Å². The summed E-state index contributed by atoms with van der Waals surface area (Å²) in [5, 5.41) is 5.99. The van der Waals surface area contributed by atoms with Crippen LogP contribution < -0.4 is 10.1 Å². The number of fused-ring (bicyclic) bond motifs is 1. The van der Waals surface area contributed by atoms with Crippen molar-refractivity contribution in [2.75, 3.05) is 19.5 Å². The van der Waals surface area contributed by atoms with Crippen molar-refractivity contribution in [2.24, 2.45) is 0 Å². The van der Waals surface area contributed by atoms with Gasteiger partial charge in [-0.25, -0.2) is 4.39 Å². The van der Waals surface area contributed by atoms with E-state index in [0.29, 0.717) is 11.7 Å². The highest BCUT2D eigenvalue weighted by atomic mass is 32.1. The first-order chi connectivity index (χ1) is 12.0. The summed E-state index contributed by atoms with van der Waals surface area (Å²) in [6.45, 7) is 0.676. The van der Waals surface area contributed by atoms with E-state index in [9.17, 15) is 4.39 Å². The van der Waals surface area contributed by atoms with E-state index in [1.54, 1.807) is 19.2 Å². The number of methoxy groups -OCH3 is 1. The van der Waals surface area contributed by atoms with Gasteiger partial charge in [0.15, 0.2) is 5.11 Å².